The third kappa shape index (κ3) is 5.15. The van der Waals surface area contributed by atoms with E-state index in [0.29, 0.717) is 37.8 Å². The number of aromatic nitrogens is 2. The van der Waals surface area contributed by atoms with Crippen molar-refractivity contribution in [3.8, 4) is 11.5 Å². The van der Waals surface area contributed by atoms with E-state index in [1.54, 1.807) is 0 Å². The molecular formula is C20H29N5O3. The van der Waals surface area contributed by atoms with Crippen LogP contribution in [0.5, 0.6) is 11.5 Å². The second kappa shape index (κ2) is 9.43. The summed E-state index contributed by atoms with van der Waals surface area (Å²) in [7, 11) is 0. The fourth-order valence-electron chi connectivity index (χ4n) is 3.13. The van der Waals surface area contributed by atoms with Crippen molar-refractivity contribution in [1.29, 1.82) is 0 Å². The standard InChI is InChI=1S/C20H29N5O3/c1-5-21-20(22-8-7-19-24-14(4)25-28-19)23-12-16-11-18-15(9-13(3)27-18)10-17(16)26-6-2/h10-11,13H,5-9,12H2,1-4H3,(H2,21,22,23). The van der Waals surface area contributed by atoms with Crippen molar-refractivity contribution < 1.29 is 14.0 Å². The number of benzene rings is 1. The largest absolute Gasteiger partial charge is 0.494 e. The molecule has 1 atom stereocenters. The Balaban J connectivity index is 1.67. The number of nitrogens with one attached hydrogen (secondary N) is 2. The highest BCUT2D eigenvalue weighted by atomic mass is 16.5. The Morgan fingerprint density at radius 1 is 1.32 bits per heavy atom. The lowest BCUT2D eigenvalue weighted by atomic mass is 10.1. The molecule has 0 saturated carbocycles. The Morgan fingerprint density at radius 2 is 2.18 bits per heavy atom. The quantitative estimate of drug-likeness (QED) is 0.530. The smallest absolute Gasteiger partial charge is 0.228 e. The molecule has 1 aromatic heterocycles. The van der Waals surface area contributed by atoms with Crippen LogP contribution < -0.4 is 20.1 Å². The first-order valence-corrected chi connectivity index (χ1v) is 9.85. The van der Waals surface area contributed by atoms with Gasteiger partial charge in [0.15, 0.2) is 11.8 Å². The second-order valence-electron chi connectivity index (χ2n) is 6.74. The van der Waals surface area contributed by atoms with Gasteiger partial charge in [-0.05, 0) is 39.8 Å². The topological polar surface area (TPSA) is 93.8 Å². The molecule has 2 heterocycles. The lowest BCUT2D eigenvalue weighted by Crippen LogP contribution is -2.38. The monoisotopic (exact) mass is 387 g/mol. The van der Waals surface area contributed by atoms with Gasteiger partial charge in [0, 0.05) is 37.1 Å². The summed E-state index contributed by atoms with van der Waals surface area (Å²) in [6, 6.07) is 4.14. The summed E-state index contributed by atoms with van der Waals surface area (Å²) < 4.78 is 16.9. The number of hydrogen-bond donors (Lipinski definition) is 2. The van der Waals surface area contributed by atoms with Crippen molar-refractivity contribution in [2.24, 2.45) is 4.99 Å². The number of hydrogen-bond acceptors (Lipinski definition) is 6. The number of ether oxygens (including phenoxy) is 2. The number of fused-ring (bicyclic) bond motifs is 1. The molecular weight excluding hydrogens is 358 g/mol. The number of rotatable bonds is 8. The second-order valence-corrected chi connectivity index (χ2v) is 6.74. The van der Waals surface area contributed by atoms with E-state index in [4.69, 9.17) is 19.0 Å². The van der Waals surface area contributed by atoms with Crippen LogP contribution in [0, 0.1) is 6.92 Å². The molecule has 0 fully saturated rings. The van der Waals surface area contributed by atoms with Gasteiger partial charge in [-0.2, -0.15) is 4.98 Å². The molecule has 1 aliphatic heterocycles. The zero-order valence-corrected chi connectivity index (χ0v) is 17.0. The van der Waals surface area contributed by atoms with Crippen molar-refractivity contribution in [3.05, 3.63) is 35.0 Å². The van der Waals surface area contributed by atoms with E-state index in [1.807, 2.05) is 20.8 Å². The normalized spacial score (nSPS) is 15.9. The van der Waals surface area contributed by atoms with E-state index in [0.717, 1.165) is 36.0 Å². The van der Waals surface area contributed by atoms with Gasteiger partial charge < -0.3 is 24.6 Å². The summed E-state index contributed by atoms with van der Waals surface area (Å²) >= 11 is 0. The van der Waals surface area contributed by atoms with E-state index in [9.17, 15) is 0 Å². The van der Waals surface area contributed by atoms with Crippen LogP contribution >= 0.6 is 0 Å². The average Bonchev–Trinajstić information content (AvgIpc) is 3.23. The number of nitrogens with zero attached hydrogens (tertiary/aromatic N) is 3. The Morgan fingerprint density at radius 3 is 2.89 bits per heavy atom. The van der Waals surface area contributed by atoms with Crippen LogP contribution in [0.1, 0.15) is 43.6 Å². The lowest BCUT2D eigenvalue weighted by Gasteiger charge is -2.13. The minimum Gasteiger partial charge on any atom is -0.494 e. The number of aliphatic imine (C=N–C) groups is 1. The zero-order chi connectivity index (χ0) is 19.9. The van der Waals surface area contributed by atoms with Gasteiger partial charge in [-0.25, -0.2) is 4.99 Å². The predicted octanol–water partition coefficient (Wildman–Crippen LogP) is 2.40. The van der Waals surface area contributed by atoms with Crippen LogP contribution in [0.3, 0.4) is 0 Å². The molecule has 8 heteroatoms. The maximum absolute atomic E-state index is 5.89. The van der Waals surface area contributed by atoms with Crippen molar-refractivity contribution in [3.63, 3.8) is 0 Å². The molecule has 2 N–H and O–H groups in total. The Bertz CT molecular complexity index is 818. The minimum absolute atomic E-state index is 0.204. The maximum atomic E-state index is 5.89. The zero-order valence-electron chi connectivity index (χ0n) is 17.0. The van der Waals surface area contributed by atoms with Crippen molar-refractivity contribution in [2.45, 2.75) is 53.2 Å². The van der Waals surface area contributed by atoms with Crippen LogP contribution in [-0.2, 0) is 19.4 Å². The van der Waals surface area contributed by atoms with E-state index in [1.165, 1.54) is 5.56 Å². The first kappa shape index (κ1) is 20.0. The van der Waals surface area contributed by atoms with Crippen LogP contribution in [0.25, 0.3) is 0 Å². The molecule has 0 aliphatic carbocycles. The molecule has 8 nitrogen and oxygen atoms in total. The SMILES string of the molecule is CCNC(=NCc1cc2c(cc1OCC)CC(C)O2)NCCc1nc(C)no1. The molecule has 1 aromatic carbocycles. The van der Waals surface area contributed by atoms with Crippen molar-refractivity contribution >= 4 is 5.96 Å². The Kier molecular flexibility index (Phi) is 6.73. The molecule has 0 radical (unpaired) electrons. The Labute approximate surface area is 165 Å². The van der Waals surface area contributed by atoms with Crippen molar-refractivity contribution in [2.75, 3.05) is 19.7 Å². The van der Waals surface area contributed by atoms with E-state index in [2.05, 4.69) is 39.8 Å². The third-order valence-corrected chi connectivity index (χ3v) is 4.33. The van der Waals surface area contributed by atoms with Crippen LogP contribution in [0.4, 0.5) is 0 Å². The highest BCUT2D eigenvalue weighted by Crippen LogP contribution is 2.35. The molecule has 1 aliphatic rings. The summed E-state index contributed by atoms with van der Waals surface area (Å²) in [5, 5.41) is 10.4. The summed E-state index contributed by atoms with van der Waals surface area (Å²) in [5.74, 6) is 3.80. The predicted molar refractivity (Wildman–Crippen MR) is 107 cm³/mol. The van der Waals surface area contributed by atoms with Crippen molar-refractivity contribution in [1.82, 2.24) is 20.8 Å². The highest BCUT2D eigenvalue weighted by molar-refractivity contribution is 5.79. The first-order valence-electron chi connectivity index (χ1n) is 9.85. The maximum Gasteiger partial charge on any atom is 0.228 e. The molecule has 3 rings (SSSR count). The molecule has 0 saturated heterocycles. The molecule has 28 heavy (non-hydrogen) atoms. The molecule has 1 unspecified atom stereocenters. The Hall–Kier alpha value is -2.77. The van der Waals surface area contributed by atoms with Gasteiger partial charge in [0.25, 0.3) is 0 Å². The van der Waals surface area contributed by atoms with Gasteiger partial charge in [0.05, 0.1) is 13.2 Å². The highest BCUT2D eigenvalue weighted by Gasteiger charge is 2.21. The van der Waals surface area contributed by atoms with E-state index in [-0.39, 0.29) is 6.10 Å². The molecule has 0 bridgehead atoms. The fraction of sp³-hybridized carbons (Fsp3) is 0.550. The first-order chi connectivity index (χ1) is 13.6. The summed E-state index contributed by atoms with van der Waals surface area (Å²) in [5.41, 5.74) is 2.21. The van der Waals surface area contributed by atoms with Gasteiger partial charge in [-0.1, -0.05) is 5.16 Å². The third-order valence-electron chi connectivity index (χ3n) is 4.33. The van der Waals surface area contributed by atoms with Gasteiger partial charge in [-0.15, -0.1) is 0 Å². The molecule has 0 spiro atoms. The molecule has 152 valence electrons. The summed E-state index contributed by atoms with van der Waals surface area (Å²) in [6.07, 6.45) is 1.76. The van der Waals surface area contributed by atoms with E-state index >= 15 is 0 Å². The van der Waals surface area contributed by atoms with Gasteiger partial charge >= 0.3 is 0 Å². The van der Waals surface area contributed by atoms with Crippen LogP contribution in [-0.4, -0.2) is 41.9 Å². The van der Waals surface area contributed by atoms with Crippen LogP contribution in [0.15, 0.2) is 21.6 Å². The van der Waals surface area contributed by atoms with Gasteiger partial charge in [0.1, 0.15) is 17.6 Å². The van der Waals surface area contributed by atoms with Crippen LogP contribution in [0.2, 0.25) is 0 Å². The summed E-state index contributed by atoms with van der Waals surface area (Å²) in [4.78, 5) is 8.91. The number of aryl methyl sites for hydroxylation is 1. The molecule has 2 aromatic rings. The van der Waals surface area contributed by atoms with E-state index < -0.39 is 0 Å². The summed E-state index contributed by atoms with van der Waals surface area (Å²) in [6.45, 7) is 10.5. The fourth-order valence-corrected chi connectivity index (χ4v) is 3.13. The number of guanidine groups is 1. The minimum atomic E-state index is 0.204. The molecule has 0 amide bonds. The van der Waals surface area contributed by atoms with Gasteiger partial charge in [0.2, 0.25) is 5.89 Å². The lowest BCUT2D eigenvalue weighted by molar-refractivity contribution is 0.254. The van der Waals surface area contributed by atoms with Gasteiger partial charge in [-0.3, -0.25) is 0 Å². The average molecular weight is 387 g/mol.